The van der Waals surface area contributed by atoms with Gasteiger partial charge in [-0.05, 0) is 29.6 Å². The van der Waals surface area contributed by atoms with Gasteiger partial charge < -0.3 is 19.9 Å². The lowest BCUT2D eigenvalue weighted by atomic mass is 10.3. The number of carbonyl (C=O) groups excluding carboxylic acids is 2. The molecule has 28 heavy (non-hydrogen) atoms. The summed E-state index contributed by atoms with van der Waals surface area (Å²) in [6.45, 7) is 0.167. The summed E-state index contributed by atoms with van der Waals surface area (Å²) in [7, 11) is 0. The van der Waals surface area contributed by atoms with E-state index in [1.165, 1.54) is 17.4 Å². The lowest BCUT2D eigenvalue weighted by Gasteiger charge is -2.09. The van der Waals surface area contributed by atoms with Gasteiger partial charge in [-0.2, -0.15) is 4.98 Å². The molecule has 0 unspecified atom stereocenters. The molecule has 0 fully saturated rings. The summed E-state index contributed by atoms with van der Waals surface area (Å²) >= 11 is 13.2. The van der Waals surface area contributed by atoms with Gasteiger partial charge in [0, 0.05) is 18.1 Å². The van der Waals surface area contributed by atoms with Gasteiger partial charge in [0.25, 0.3) is 5.91 Å². The summed E-state index contributed by atoms with van der Waals surface area (Å²) in [5.41, 5.74) is 0. The molecular weight excluding hydrogens is 427 g/mol. The topological polar surface area (TPSA) is 106 Å². The molecule has 0 saturated heterocycles. The van der Waals surface area contributed by atoms with Gasteiger partial charge in [-0.25, -0.2) is 0 Å². The lowest BCUT2D eigenvalue weighted by Crippen LogP contribution is -2.36. The van der Waals surface area contributed by atoms with E-state index in [1.54, 1.807) is 12.1 Å². The van der Waals surface area contributed by atoms with Crippen molar-refractivity contribution in [2.75, 3.05) is 19.7 Å². The van der Waals surface area contributed by atoms with Crippen molar-refractivity contribution >= 4 is 46.4 Å². The van der Waals surface area contributed by atoms with Crippen molar-refractivity contribution in [3.63, 3.8) is 0 Å². The normalized spacial score (nSPS) is 10.5. The number of amides is 2. The molecule has 11 heteroatoms. The number of carbonyl (C=O) groups is 2. The molecule has 2 N–H and O–H groups in total. The zero-order valence-corrected chi connectivity index (χ0v) is 16.6. The third kappa shape index (κ3) is 5.44. The molecule has 2 aromatic heterocycles. The molecule has 0 aliphatic rings. The van der Waals surface area contributed by atoms with Crippen molar-refractivity contribution in [1.29, 1.82) is 0 Å². The predicted molar refractivity (Wildman–Crippen MR) is 105 cm³/mol. The van der Waals surface area contributed by atoms with Crippen LogP contribution in [0.25, 0.3) is 10.7 Å². The smallest absolute Gasteiger partial charge is 0.316 e. The largest absolute Gasteiger partial charge is 0.482 e. The molecule has 0 radical (unpaired) electrons. The maximum absolute atomic E-state index is 12.0. The van der Waals surface area contributed by atoms with Gasteiger partial charge in [0.1, 0.15) is 5.75 Å². The van der Waals surface area contributed by atoms with E-state index < -0.39 is 5.91 Å². The van der Waals surface area contributed by atoms with Crippen molar-refractivity contribution in [3.8, 4) is 16.5 Å². The molecule has 0 aliphatic heterocycles. The molecule has 2 amide bonds. The highest BCUT2D eigenvalue weighted by atomic mass is 35.5. The summed E-state index contributed by atoms with van der Waals surface area (Å²) in [5, 5.41) is 11.6. The minimum atomic E-state index is -0.520. The van der Waals surface area contributed by atoms with E-state index >= 15 is 0 Å². The zero-order valence-electron chi connectivity index (χ0n) is 14.3. The van der Waals surface area contributed by atoms with Gasteiger partial charge in [-0.15, -0.1) is 11.3 Å². The molecule has 0 atom stereocenters. The molecule has 3 aromatic rings. The summed E-state index contributed by atoms with van der Waals surface area (Å²) in [5.74, 6) is -0.318. The van der Waals surface area contributed by atoms with Crippen LogP contribution in [0.2, 0.25) is 10.0 Å². The zero-order chi connectivity index (χ0) is 19.9. The molecule has 0 spiro atoms. The Bertz CT molecular complexity index is 962. The molecule has 1 aromatic carbocycles. The Morgan fingerprint density at radius 2 is 2.00 bits per heavy atom. The number of rotatable bonds is 8. The first-order valence-corrected chi connectivity index (χ1v) is 9.67. The third-order valence-electron chi connectivity index (χ3n) is 3.35. The number of nitrogens with one attached hydrogen (secondary N) is 2. The second-order valence-electron chi connectivity index (χ2n) is 5.37. The van der Waals surface area contributed by atoms with E-state index in [4.69, 9.17) is 32.5 Å². The number of ether oxygens (including phenoxy) is 1. The van der Waals surface area contributed by atoms with Gasteiger partial charge in [0.05, 0.1) is 9.90 Å². The van der Waals surface area contributed by atoms with Crippen molar-refractivity contribution in [2.24, 2.45) is 0 Å². The Kier molecular flexibility index (Phi) is 6.85. The quantitative estimate of drug-likeness (QED) is 0.521. The minimum absolute atomic E-state index is 0.143. The number of thiophene rings is 1. The van der Waals surface area contributed by atoms with E-state index in [2.05, 4.69) is 20.8 Å². The highest BCUT2D eigenvalue weighted by Crippen LogP contribution is 2.27. The Morgan fingerprint density at radius 3 is 2.75 bits per heavy atom. The number of hydrogen-bond acceptors (Lipinski definition) is 7. The lowest BCUT2D eigenvalue weighted by molar-refractivity contribution is -0.123. The minimum Gasteiger partial charge on any atom is -0.482 e. The third-order valence-corrected chi connectivity index (χ3v) is 4.74. The number of benzene rings is 1. The Labute approximate surface area is 173 Å². The number of nitrogens with zero attached hydrogens (tertiary/aromatic N) is 2. The van der Waals surface area contributed by atoms with E-state index in [9.17, 15) is 9.59 Å². The maximum atomic E-state index is 12.0. The predicted octanol–water partition coefficient (Wildman–Crippen LogP) is 3.03. The molecule has 3 rings (SSSR count). The molecule has 146 valence electrons. The molecule has 2 heterocycles. The molecule has 0 bridgehead atoms. The van der Waals surface area contributed by atoms with Crippen LogP contribution in [-0.4, -0.2) is 41.7 Å². The average Bonchev–Trinajstić information content (AvgIpc) is 3.35. The first-order chi connectivity index (χ1) is 13.5. The Hall–Kier alpha value is -2.62. The number of hydrogen-bond donors (Lipinski definition) is 2. The highest BCUT2D eigenvalue weighted by Gasteiger charge is 2.16. The van der Waals surface area contributed by atoms with E-state index in [1.807, 2.05) is 17.5 Å². The second kappa shape index (κ2) is 9.54. The standard InChI is InChI=1S/C17H14Cl2N4O4S/c18-10-3-4-12(11(19)8-10)26-9-14(24)20-5-6-21-16(25)17-22-15(23-27-17)13-2-1-7-28-13/h1-4,7-8H,5-6,9H2,(H,20,24)(H,21,25). The monoisotopic (exact) mass is 440 g/mol. The van der Waals surface area contributed by atoms with E-state index in [-0.39, 0.29) is 31.5 Å². The number of aromatic nitrogens is 2. The average molecular weight is 441 g/mol. The van der Waals surface area contributed by atoms with Crippen LogP contribution in [0, 0.1) is 0 Å². The number of halogens is 2. The van der Waals surface area contributed by atoms with Crippen LogP contribution in [-0.2, 0) is 4.79 Å². The van der Waals surface area contributed by atoms with Crippen LogP contribution in [0.15, 0.2) is 40.2 Å². The molecule has 0 saturated carbocycles. The first-order valence-electron chi connectivity index (χ1n) is 8.03. The first kappa shape index (κ1) is 20.1. The molecule has 8 nitrogen and oxygen atoms in total. The van der Waals surface area contributed by atoms with Crippen LogP contribution in [0.1, 0.15) is 10.7 Å². The second-order valence-corrected chi connectivity index (χ2v) is 7.16. The van der Waals surface area contributed by atoms with Crippen LogP contribution in [0.5, 0.6) is 5.75 Å². The molecular formula is C17H14Cl2N4O4S. The maximum Gasteiger partial charge on any atom is 0.316 e. The van der Waals surface area contributed by atoms with Crippen molar-refractivity contribution in [3.05, 3.63) is 51.6 Å². The van der Waals surface area contributed by atoms with Gasteiger partial charge in [0.2, 0.25) is 5.82 Å². The fraction of sp³-hybridized carbons (Fsp3) is 0.176. The summed E-state index contributed by atoms with van der Waals surface area (Å²) in [6, 6.07) is 8.38. The molecule has 0 aliphatic carbocycles. The van der Waals surface area contributed by atoms with E-state index in [0.717, 1.165) is 4.88 Å². The summed E-state index contributed by atoms with van der Waals surface area (Å²) in [4.78, 5) is 28.6. The van der Waals surface area contributed by atoms with Crippen molar-refractivity contribution < 1.29 is 18.8 Å². The van der Waals surface area contributed by atoms with E-state index in [0.29, 0.717) is 21.6 Å². The fourth-order valence-electron chi connectivity index (χ4n) is 2.06. The van der Waals surface area contributed by atoms with Crippen LogP contribution in [0.3, 0.4) is 0 Å². The fourth-order valence-corrected chi connectivity index (χ4v) is 3.17. The van der Waals surface area contributed by atoms with Gasteiger partial charge >= 0.3 is 11.8 Å². The van der Waals surface area contributed by atoms with Gasteiger partial charge in [-0.1, -0.05) is 34.4 Å². The van der Waals surface area contributed by atoms with Crippen molar-refractivity contribution in [2.45, 2.75) is 0 Å². The van der Waals surface area contributed by atoms with Gasteiger partial charge in [-0.3, -0.25) is 9.59 Å². The van der Waals surface area contributed by atoms with Gasteiger partial charge in [0.15, 0.2) is 6.61 Å². The summed E-state index contributed by atoms with van der Waals surface area (Å²) < 4.78 is 10.3. The van der Waals surface area contributed by atoms with Crippen LogP contribution in [0.4, 0.5) is 0 Å². The highest BCUT2D eigenvalue weighted by molar-refractivity contribution is 7.13. The van der Waals surface area contributed by atoms with Crippen molar-refractivity contribution in [1.82, 2.24) is 20.8 Å². The summed E-state index contributed by atoms with van der Waals surface area (Å²) in [6.07, 6.45) is 0. The Balaban J connectivity index is 1.37. The van der Waals surface area contributed by atoms with Crippen LogP contribution < -0.4 is 15.4 Å². The van der Waals surface area contributed by atoms with Crippen LogP contribution >= 0.6 is 34.5 Å². The Morgan fingerprint density at radius 1 is 1.18 bits per heavy atom. The SMILES string of the molecule is O=C(COc1ccc(Cl)cc1Cl)NCCNC(=O)c1nc(-c2cccs2)no1.